The van der Waals surface area contributed by atoms with Crippen molar-refractivity contribution in [3.05, 3.63) is 0 Å². The van der Waals surface area contributed by atoms with E-state index in [0.717, 1.165) is 0 Å². The molecule has 0 bridgehead atoms. The summed E-state index contributed by atoms with van der Waals surface area (Å²) in [4.78, 5) is 0. The van der Waals surface area contributed by atoms with E-state index in [0.29, 0.717) is 0 Å². The van der Waals surface area contributed by atoms with E-state index in [4.69, 9.17) is 8.76 Å². The summed E-state index contributed by atoms with van der Waals surface area (Å²) in [6.07, 6.45) is 0. The van der Waals surface area contributed by atoms with E-state index in [-0.39, 0.29) is 0 Å². The first-order valence-electron chi connectivity index (χ1n) is 0.752. The molecule has 3 N–H and O–H groups in total. The van der Waals surface area contributed by atoms with Crippen LogP contribution in [-0.4, -0.2) is 8.76 Å². The van der Waals surface area contributed by atoms with Crippen LogP contribution in [0.1, 0.15) is 0 Å². The summed E-state index contributed by atoms with van der Waals surface area (Å²) in [5, 5.41) is 0. The molecule has 0 saturated heterocycles. The van der Waals surface area contributed by atoms with Crippen molar-refractivity contribution in [2.75, 3.05) is 0 Å². The maximum absolute atomic E-state index is 9.13. The summed E-state index contributed by atoms with van der Waals surface area (Å²) in [7, 11) is 0. The van der Waals surface area contributed by atoms with Gasteiger partial charge in [0.1, 0.15) is 0 Å². The Hall–Kier alpha value is 0.0300. The maximum Gasteiger partial charge on any atom is 0.319 e. The molecule has 5 heteroatoms. The highest BCUT2D eigenvalue weighted by molar-refractivity contribution is 7.74. The van der Waals surface area contributed by atoms with Crippen LogP contribution in [0, 0.1) is 0 Å². The molecule has 0 spiro atoms. The minimum Gasteiger partial charge on any atom is -0.283 e. The predicted molar refractivity (Wildman–Crippen MR) is 16.0 cm³/mol. The lowest BCUT2D eigenvalue weighted by Gasteiger charge is -1.75. The molecule has 0 aromatic heterocycles. The monoisotopic (exact) mass is 97.0 g/mol. The lowest BCUT2D eigenvalue weighted by Crippen LogP contribution is -2.00. The molecule has 32 valence electrons. The Morgan fingerprint density at radius 2 is 2.20 bits per heavy atom. The molecule has 0 radical (unpaired) electrons. The highest BCUT2D eigenvalue weighted by atomic mass is 32.2. The van der Waals surface area contributed by atoms with Gasteiger partial charge in [0.05, 0.1) is 0 Å². The Kier molecular flexibility index (Phi) is 2.29. The van der Waals surface area contributed by atoms with Crippen LogP contribution >= 0.6 is 0 Å². The van der Waals surface area contributed by atoms with E-state index in [9.17, 15) is 0 Å². The summed E-state index contributed by atoms with van der Waals surface area (Å²) in [5.74, 6) is 4.12. The molecule has 0 saturated carbocycles. The van der Waals surface area contributed by atoms with Crippen molar-refractivity contribution in [3.8, 4) is 0 Å². The number of rotatable bonds is 1. The number of hydrogen-bond acceptors (Lipinski definition) is 3. The van der Waals surface area contributed by atoms with Crippen LogP contribution in [0.4, 0.5) is 0 Å². The fourth-order valence-electron chi connectivity index (χ4n) is 0. The third-order valence-corrected chi connectivity index (χ3v) is 0.247. The molecule has 1 unspecified atom stereocenters. The summed E-state index contributed by atoms with van der Waals surface area (Å²) in [5.41, 5.74) is 0. The standard InChI is InChI=1S/H3NO3S/c1-4-5(2)3/h1H2,(H,2,3). The van der Waals surface area contributed by atoms with Gasteiger partial charge in [0.2, 0.25) is 0 Å². The van der Waals surface area contributed by atoms with E-state index in [2.05, 4.69) is 10.2 Å². The normalized spacial score (nSPS) is 14.8. The van der Waals surface area contributed by atoms with Crippen LogP contribution in [0.2, 0.25) is 0 Å². The molecule has 0 rings (SSSR count). The van der Waals surface area contributed by atoms with Gasteiger partial charge in [-0.3, -0.25) is 4.55 Å². The molecule has 0 aromatic rings. The molecule has 0 amide bonds. The molecule has 4 nitrogen and oxygen atoms in total. The zero-order chi connectivity index (χ0) is 4.28. The van der Waals surface area contributed by atoms with Gasteiger partial charge in [-0.25, -0.2) is 0 Å². The topological polar surface area (TPSA) is 72.5 Å². The van der Waals surface area contributed by atoms with Gasteiger partial charge < -0.3 is 0 Å². The highest BCUT2D eigenvalue weighted by Gasteiger charge is 1.76. The Bertz CT molecular complexity index is 42.2. The van der Waals surface area contributed by atoms with Crippen LogP contribution < -0.4 is 5.90 Å². The van der Waals surface area contributed by atoms with Gasteiger partial charge >= 0.3 is 11.4 Å². The molecule has 0 aliphatic heterocycles. The molecule has 0 aliphatic rings. The van der Waals surface area contributed by atoms with Gasteiger partial charge in [0.15, 0.2) is 0 Å². The molecule has 0 fully saturated rings. The van der Waals surface area contributed by atoms with E-state index in [1.165, 1.54) is 0 Å². The van der Waals surface area contributed by atoms with E-state index in [1.54, 1.807) is 0 Å². The van der Waals surface area contributed by atoms with E-state index >= 15 is 0 Å². The van der Waals surface area contributed by atoms with Crippen LogP contribution in [0.5, 0.6) is 0 Å². The Morgan fingerprint density at radius 3 is 2.20 bits per heavy atom. The minimum absolute atomic E-state index is 2.29. The molecule has 0 aromatic carbocycles. The second-order valence-corrected chi connectivity index (χ2v) is 0.940. The minimum atomic E-state index is -2.29. The zero-order valence-corrected chi connectivity index (χ0v) is 3.07. The van der Waals surface area contributed by atoms with Gasteiger partial charge in [-0.05, 0) is 0 Å². The molecule has 5 heavy (non-hydrogen) atoms. The lowest BCUT2D eigenvalue weighted by molar-refractivity contribution is 0.320. The van der Waals surface area contributed by atoms with Crippen molar-refractivity contribution in [1.29, 1.82) is 0 Å². The fourth-order valence-corrected chi connectivity index (χ4v) is 0. The van der Waals surface area contributed by atoms with Crippen molar-refractivity contribution in [3.63, 3.8) is 0 Å². The Labute approximate surface area is 31.4 Å². The zero-order valence-electron chi connectivity index (χ0n) is 2.25. The average molecular weight is 97.1 g/mol. The summed E-state index contributed by atoms with van der Waals surface area (Å²) < 4.78 is 19.9. The third kappa shape index (κ3) is 4.03. The quantitative estimate of drug-likeness (QED) is 0.325. The van der Waals surface area contributed by atoms with Crippen molar-refractivity contribution < 1.29 is 13.0 Å². The second-order valence-electron chi connectivity index (χ2n) is 0.313. The van der Waals surface area contributed by atoms with Crippen LogP contribution in [-0.2, 0) is 15.6 Å². The van der Waals surface area contributed by atoms with Crippen molar-refractivity contribution in [2.45, 2.75) is 0 Å². The molecule has 1 atom stereocenters. The third-order valence-electron chi connectivity index (χ3n) is 0.0823. The van der Waals surface area contributed by atoms with Gasteiger partial charge in [-0.1, -0.05) is 0 Å². The first-order chi connectivity index (χ1) is 2.27. The van der Waals surface area contributed by atoms with Gasteiger partial charge in [0, 0.05) is 0 Å². The maximum atomic E-state index is 9.13. The van der Waals surface area contributed by atoms with Crippen molar-refractivity contribution in [1.82, 2.24) is 0 Å². The molecule has 0 aliphatic carbocycles. The number of hydrogen-bond donors (Lipinski definition) is 2. The SMILES string of the molecule is NOS(=O)O. The summed E-state index contributed by atoms with van der Waals surface area (Å²) in [6.45, 7) is 0. The van der Waals surface area contributed by atoms with Crippen molar-refractivity contribution in [2.24, 2.45) is 5.90 Å². The molecular weight excluding hydrogens is 94.1 g/mol. The van der Waals surface area contributed by atoms with Crippen LogP contribution in [0.3, 0.4) is 0 Å². The highest BCUT2D eigenvalue weighted by Crippen LogP contribution is 1.58. The average Bonchev–Trinajstić information content (AvgIpc) is 1.38. The largest absolute Gasteiger partial charge is 0.319 e. The summed E-state index contributed by atoms with van der Waals surface area (Å²) >= 11 is -2.29. The van der Waals surface area contributed by atoms with Crippen LogP contribution in [0.25, 0.3) is 0 Å². The first-order valence-corrected chi connectivity index (χ1v) is 1.78. The smallest absolute Gasteiger partial charge is 0.283 e. The molecule has 0 heterocycles. The van der Waals surface area contributed by atoms with Gasteiger partial charge in [-0.15, -0.1) is 0 Å². The predicted octanol–water partition coefficient (Wildman–Crippen LogP) is -0.987. The van der Waals surface area contributed by atoms with Crippen LogP contribution in [0.15, 0.2) is 0 Å². The Morgan fingerprint density at radius 1 is 2.00 bits per heavy atom. The lowest BCUT2D eigenvalue weighted by atomic mass is 13.6. The Balaban J connectivity index is 2.85. The van der Waals surface area contributed by atoms with E-state index < -0.39 is 11.4 Å². The summed E-state index contributed by atoms with van der Waals surface area (Å²) in [6, 6.07) is 0. The molecular formula is H3NO3S. The fraction of sp³-hybridized carbons (Fsp3) is 0. The first kappa shape index (κ1) is 5.03. The van der Waals surface area contributed by atoms with Crippen molar-refractivity contribution >= 4 is 11.4 Å². The number of nitrogens with two attached hydrogens (primary N) is 1. The van der Waals surface area contributed by atoms with E-state index in [1.807, 2.05) is 0 Å². The van der Waals surface area contributed by atoms with Gasteiger partial charge in [-0.2, -0.15) is 14.4 Å². The second kappa shape index (κ2) is 2.28. The van der Waals surface area contributed by atoms with Gasteiger partial charge in [0.25, 0.3) is 0 Å².